The molecule has 0 fully saturated rings. The van der Waals surface area contributed by atoms with Gasteiger partial charge < -0.3 is 19.3 Å². The lowest BCUT2D eigenvalue weighted by Crippen LogP contribution is -2.23. The van der Waals surface area contributed by atoms with Crippen molar-refractivity contribution < 1.29 is 19.3 Å². The molecule has 0 bridgehead atoms. The van der Waals surface area contributed by atoms with Crippen molar-refractivity contribution in [2.75, 3.05) is 25.5 Å². The number of ether oxygens (including phenoxy) is 3. The van der Waals surface area contributed by atoms with Crippen LogP contribution in [0.5, 0.6) is 11.5 Å². The minimum atomic E-state index is -0.630. The smallest absolute Gasteiger partial charge is 0.239 e. The number of hydrogen-bond acceptors (Lipinski definition) is 11. The van der Waals surface area contributed by atoms with Crippen molar-refractivity contribution in [3.63, 3.8) is 0 Å². The molecule has 0 saturated carbocycles. The van der Waals surface area contributed by atoms with Gasteiger partial charge >= 0.3 is 0 Å². The van der Waals surface area contributed by atoms with Crippen LogP contribution in [0, 0.1) is 13.8 Å². The van der Waals surface area contributed by atoms with Gasteiger partial charge in [-0.15, -0.1) is 10.2 Å². The van der Waals surface area contributed by atoms with Crippen molar-refractivity contribution in [1.29, 1.82) is 0 Å². The molecule has 2 N–H and O–H groups in total. The summed E-state index contributed by atoms with van der Waals surface area (Å²) in [6.07, 6.45) is 5.90. The van der Waals surface area contributed by atoms with Crippen LogP contribution in [0.3, 0.4) is 0 Å². The summed E-state index contributed by atoms with van der Waals surface area (Å²) in [6.45, 7) is 7.71. The summed E-state index contributed by atoms with van der Waals surface area (Å²) in [5, 5.41) is 18.6. The lowest BCUT2D eigenvalue weighted by atomic mass is 10.2. The normalized spacial score (nSPS) is 13.5. The quantitative estimate of drug-likeness (QED) is 0.244. The summed E-state index contributed by atoms with van der Waals surface area (Å²) in [5.74, 6) is 2.72. The van der Waals surface area contributed by atoms with Gasteiger partial charge in [0.05, 0.1) is 32.2 Å². The Bertz CT molecular complexity index is 1360. The summed E-state index contributed by atoms with van der Waals surface area (Å²) in [4.78, 5) is 13.3. The molecule has 0 aliphatic heterocycles. The minimum Gasteiger partial charge on any atom is -0.494 e. The van der Waals surface area contributed by atoms with Crippen molar-refractivity contribution in [3.8, 4) is 28.6 Å². The molecule has 0 saturated heterocycles. The van der Waals surface area contributed by atoms with E-state index in [1.54, 1.807) is 45.9 Å². The zero-order chi connectivity index (χ0) is 27.9. The number of nitrogens with zero attached hydrogens (tertiary/aromatic N) is 6. The van der Waals surface area contributed by atoms with E-state index in [-0.39, 0.29) is 11.9 Å². The van der Waals surface area contributed by atoms with Gasteiger partial charge in [-0.2, -0.15) is 0 Å². The van der Waals surface area contributed by atoms with Crippen molar-refractivity contribution in [1.82, 2.24) is 29.7 Å². The molecule has 11 nitrogen and oxygen atoms in total. The summed E-state index contributed by atoms with van der Waals surface area (Å²) in [7, 11) is 3.21. The summed E-state index contributed by atoms with van der Waals surface area (Å²) in [5.41, 5.74) is 3.36. The zero-order valence-corrected chi connectivity index (χ0v) is 23.6. The second kappa shape index (κ2) is 12.9. The number of aliphatic hydroxyl groups excluding tert-OH is 1. The third kappa shape index (κ3) is 6.64. The van der Waals surface area contributed by atoms with Crippen LogP contribution in [0.2, 0.25) is 0 Å². The number of aryl methyl sites for hydroxylation is 2. The van der Waals surface area contributed by atoms with E-state index in [0.29, 0.717) is 34.8 Å². The lowest BCUT2D eigenvalue weighted by molar-refractivity contribution is -0.00661. The summed E-state index contributed by atoms with van der Waals surface area (Å²) < 4.78 is 22.6. The van der Waals surface area contributed by atoms with Gasteiger partial charge in [0.2, 0.25) is 5.95 Å². The van der Waals surface area contributed by atoms with Crippen LogP contribution in [0.25, 0.3) is 17.1 Å². The van der Waals surface area contributed by atoms with Gasteiger partial charge in [-0.3, -0.25) is 14.3 Å². The van der Waals surface area contributed by atoms with Gasteiger partial charge in [-0.05, 0) is 69.0 Å². The Morgan fingerprint density at radius 3 is 2.28 bits per heavy atom. The van der Waals surface area contributed by atoms with Crippen LogP contribution in [-0.2, 0) is 4.74 Å². The number of pyridine rings is 1. The number of anilines is 1. The van der Waals surface area contributed by atoms with Gasteiger partial charge in [0, 0.05) is 30.4 Å². The fourth-order valence-electron chi connectivity index (χ4n) is 3.90. The SMILES string of the molecule is COc1cccc(OC)c1-n1c(NS[C@@H](C)[C@H](OC[C@H](C)O)c2ncc(C)cn2)nnc1-c1cncc(C)c1. The maximum Gasteiger partial charge on any atom is 0.239 e. The number of methoxy groups -OCH3 is 2. The Balaban J connectivity index is 1.72. The molecule has 0 aliphatic rings. The molecule has 3 aromatic heterocycles. The van der Waals surface area contributed by atoms with Gasteiger partial charge in [0.15, 0.2) is 11.6 Å². The molecule has 206 valence electrons. The van der Waals surface area contributed by atoms with E-state index in [4.69, 9.17) is 14.2 Å². The van der Waals surface area contributed by atoms with Crippen molar-refractivity contribution in [2.45, 2.75) is 45.2 Å². The van der Waals surface area contributed by atoms with Gasteiger partial charge in [-0.25, -0.2) is 9.97 Å². The Morgan fingerprint density at radius 2 is 1.67 bits per heavy atom. The van der Waals surface area contributed by atoms with E-state index in [1.165, 1.54) is 11.9 Å². The molecule has 12 heteroatoms. The van der Waals surface area contributed by atoms with Gasteiger partial charge in [-0.1, -0.05) is 6.07 Å². The number of benzene rings is 1. The highest BCUT2D eigenvalue weighted by Crippen LogP contribution is 2.38. The number of rotatable bonds is 12. The largest absolute Gasteiger partial charge is 0.494 e. The van der Waals surface area contributed by atoms with E-state index in [9.17, 15) is 5.11 Å². The minimum absolute atomic E-state index is 0.145. The van der Waals surface area contributed by atoms with Gasteiger partial charge in [0.25, 0.3) is 0 Å². The van der Waals surface area contributed by atoms with Crippen LogP contribution in [0.15, 0.2) is 49.1 Å². The van der Waals surface area contributed by atoms with E-state index < -0.39 is 12.2 Å². The standard InChI is InChI=1S/C27H33N7O4S/c1-16-10-20(14-28-11-16)26-31-32-27(34(26)23-21(36-5)8-7-9-22(23)37-6)33-39-19(4)24(38-15-18(3)35)25-29-12-17(2)13-30-25/h7-14,18-19,24,35H,15H2,1-6H3,(H,32,33)/t18-,19-,24-/m0/s1. The monoisotopic (exact) mass is 551 g/mol. The van der Waals surface area contributed by atoms with Crippen LogP contribution < -0.4 is 14.2 Å². The molecule has 0 amide bonds. The first-order chi connectivity index (χ1) is 18.8. The molecule has 0 spiro atoms. The highest BCUT2D eigenvalue weighted by atomic mass is 32.2. The van der Waals surface area contributed by atoms with Crippen molar-refractivity contribution in [3.05, 3.63) is 66.0 Å². The molecule has 4 aromatic rings. The van der Waals surface area contributed by atoms with Gasteiger partial charge in [0.1, 0.15) is 23.3 Å². The molecule has 3 heterocycles. The molecule has 39 heavy (non-hydrogen) atoms. The average Bonchev–Trinajstić information content (AvgIpc) is 3.35. The molecular weight excluding hydrogens is 518 g/mol. The highest BCUT2D eigenvalue weighted by molar-refractivity contribution is 8.01. The Labute approximate surface area is 232 Å². The number of para-hydroxylation sites is 1. The number of nitrogens with one attached hydrogen (secondary N) is 1. The first kappa shape index (κ1) is 28.3. The molecule has 0 aliphatic carbocycles. The van der Waals surface area contributed by atoms with Crippen LogP contribution in [0.1, 0.15) is 36.9 Å². The number of aromatic nitrogens is 6. The van der Waals surface area contributed by atoms with Crippen LogP contribution >= 0.6 is 11.9 Å². The third-order valence-electron chi connectivity index (χ3n) is 5.76. The van der Waals surface area contributed by atoms with Crippen LogP contribution in [-0.4, -0.2) is 67.0 Å². The van der Waals surface area contributed by atoms with Crippen molar-refractivity contribution >= 4 is 17.9 Å². The Hall–Kier alpha value is -3.74. The first-order valence-electron chi connectivity index (χ1n) is 12.4. The third-order valence-corrected chi connectivity index (χ3v) is 6.68. The maximum absolute atomic E-state index is 9.83. The summed E-state index contributed by atoms with van der Waals surface area (Å²) in [6, 6.07) is 7.55. The predicted octanol–water partition coefficient (Wildman–Crippen LogP) is 4.34. The van der Waals surface area contributed by atoms with E-state index >= 15 is 0 Å². The summed E-state index contributed by atoms with van der Waals surface area (Å²) >= 11 is 1.38. The predicted molar refractivity (Wildman–Crippen MR) is 150 cm³/mol. The van der Waals surface area contributed by atoms with Crippen molar-refractivity contribution in [2.24, 2.45) is 0 Å². The molecule has 4 rings (SSSR count). The lowest BCUT2D eigenvalue weighted by Gasteiger charge is -2.24. The fraction of sp³-hybridized carbons (Fsp3) is 0.370. The van der Waals surface area contributed by atoms with E-state index in [0.717, 1.165) is 16.7 Å². The molecular formula is C27H33N7O4S. The molecule has 1 aromatic carbocycles. The highest BCUT2D eigenvalue weighted by Gasteiger charge is 2.27. The molecule has 3 atom stereocenters. The molecule has 0 radical (unpaired) electrons. The number of aliphatic hydroxyl groups is 1. The first-order valence-corrected chi connectivity index (χ1v) is 13.3. The average molecular weight is 552 g/mol. The molecule has 0 unspecified atom stereocenters. The van der Waals surface area contributed by atoms with Crippen LogP contribution in [0.4, 0.5) is 5.95 Å². The topological polar surface area (TPSA) is 129 Å². The Morgan fingerprint density at radius 1 is 0.974 bits per heavy atom. The fourth-order valence-corrected chi connectivity index (χ4v) is 4.65. The zero-order valence-electron chi connectivity index (χ0n) is 22.8. The second-order valence-electron chi connectivity index (χ2n) is 9.09. The number of hydrogen-bond donors (Lipinski definition) is 2. The second-order valence-corrected chi connectivity index (χ2v) is 10.3. The maximum atomic E-state index is 9.83. The van der Waals surface area contributed by atoms with E-state index in [2.05, 4.69) is 29.9 Å². The van der Waals surface area contributed by atoms with E-state index in [1.807, 2.05) is 49.6 Å². The Kier molecular flexibility index (Phi) is 9.33.